The van der Waals surface area contributed by atoms with Crippen LogP contribution < -0.4 is 5.32 Å². The zero-order valence-electron chi connectivity index (χ0n) is 17.2. The number of hydrogen-bond acceptors (Lipinski definition) is 3. The zero-order valence-corrected chi connectivity index (χ0v) is 18.0. The van der Waals surface area contributed by atoms with Crippen molar-refractivity contribution in [2.24, 2.45) is 5.41 Å². The number of nitrogens with one attached hydrogen (secondary N) is 1. The van der Waals surface area contributed by atoms with Crippen LogP contribution in [0.2, 0.25) is 5.02 Å². The molecule has 0 saturated carbocycles. The van der Waals surface area contributed by atoms with E-state index in [-0.39, 0.29) is 24.3 Å². The number of piperazine rings is 1. The number of anilines is 1. The summed E-state index contributed by atoms with van der Waals surface area (Å²) in [6.45, 7) is 6.50. The lowest BCUT2D eigenvalue weighted by Crippen LogP contribution is -2.60. The Balaban J connectivity index is 1.65. The van der Waals surface area contributed by atoms with Gasteiger partial charge >= 0.3 is 0 Å². The second kappa shape index (κ2) is 7.43. The number of rotatable bonds is 1. The molecule has 1 saturated heterocycles. The van der Waals surface area contributed by atoms with Gasteiger partial charge in [-0.25, -0.2) is 0 Å². The van der Waals surface area contributed by atoms with E-state index in [0.29, 0.717) is 29.4 Å². The molecule has 156 valence electrons. The van der Waals surface area contributed by atoms with Crippen LogP contribution in [0.1, 0.15) is 31.1 Å². The van der Waals surface area contributed by atoms with E-state index in [1.54, 1.807) is 34.1 Å². The maximum atomic E-state index is 13.3. The fraction of sp³-hybridized carbons (Fsp3) is 0.348. The molecule has 0 radical (unpaired) electrons. The van der Waals surface area contributed by atoms with Crippen LogP contribution >= 0.6 is 11.6 Å². The van der Waals surface area contributed by atoms with E-state index in [0.717, 1.165) is 11.1 Å². The summed E-state index contributed by atoms with van der Waals surface area (Å²) in [6, 6.07) is 12.1. The predicted molar refractivity (Wildman–Crippen MR) is 116 cm³/mol. The van der Waals surface area contributed by atoms with Gasteiger partial charge in [0.1, 0.15) is 6.04 Å². The molecule has 0 bridgehead atoms. The van der Waals surface area contributed by atoms with Crippen molar-refractivity contribution >= 4 is 35.0 Å². The summed E-state index contributed by atoms with van der Waals surface area (Å²) in [4.78, 5) is 42.2. The largest absolute Gasteiger partial charge is 0.338 e. The molecule has 0 aromatic heterocycles. The van der Waals surface area contributed by atoms with Gasteiger partial charge in [-0.3, -0.25) is 14.4 Å². The molecule has 4 rings (SSSR count). The molecule has 2 aliphatic rings. The van der Waals surface area contributed by atoms with Crippen LogP contribution in [0.3, 0.4) is 0 Å². The molecule has 2 aromatic rings. The van der Waals surface area contributed by atoms with E-state index in [1.165, 1.54) is 0 Å². The summed E-state index contributed by atoms with van der Waals surface area (Å²) in [5, 5.41) is 3.52. The zero-order chi connectivity index (χ0) is 21.6. The number of hydrogen-bond donors (Lipinski definition) is 1. The Labute approximate surface area is 180 Å². The van der Waals surface area contributed by atoms with Crippen molar-refractivity contribution in [1.82, 2.24) is 9.80 Å². The highest BCUT2D eigenvalue weighted by molar-refractivity contribution is 6.30. The highest BCUT2D eigenvalue weighted by Crippen LogP contribution is 2.31. The number of nitrogens with zero attached hydrogens (tertiary/aromatic N) is 2. The fourth-order valence-electron chi connectivity index (χ4n) is 3.93. The van der Waals surface area contributed by atoms with Crippen molar-refractivity contribution in [3.8, 4) is 11.1 Å². The second-order valence-corrected chi connectivity index (χ2v) is 9.21. The van der Waals surface area contributed by atoms with Gasteiger partial charge in [-0.1, -0.05) is 50.6 Å². The van der Waals surface area contributed by atoms with Crippen molar-refractivity contribution in [3.63, 3.8) is 0 Å². The first kappa shape index (κ1) is 20.4. The summed E-state index contributed by atoms with van der Waals surface area (Å²) < 4.78 is 0. The first-order valence-electron chi connectivity index (χ1n) is 9.96. The van der Waals surface area contributed by atoms with Gasteiger partial charge in [0.2, 0.25) is 11.8 Å². The van der Waals surface area contributed by atoms with Crippen molar-refractivity contribution in [1.29, 1.82) is 0 Å². The van der Waals surface area contributed by atoms with E-state index < -0.39 is 11.5 Å². The average Bonchev–Trinajstić information content (AvgIpc) is 2.82. The Kier molecular flexibility index (Phi) is 5.06. The lowest BCUT2D eigenvalue weighted by Gasteiger charge is -2.41. The van der Waals surface area contributed by atoms with E-state index in [2.05, 4.69) is 5.32 Å². The number of benzene rings is 2. The Morgan fingerprint density at radius 1 is 1.03 bits per heavy atom. The highest BCUT2D eigenvalue weighted by atomic mass is 35.5. The molecule has 0 spiro atoms. The van der Waals surface area contributed by atoms with Crippen LogP contribution in [0.4, 0.5) is 5.69 Å². The van der Waals surface area contributed by atoms with Gasteiger partial charge < -0.3 is 15.1 Å². The molecular formula is C23H24ClN3O3. The Morgan fingerprint density at radius 3 is 2.37 bits per heavy atom. The van der Waals surface area contributed by atoms with E-state index >= 15 is 0 Å². The van der Waals surface area contributed by atoms with Crippen LogP contribution in [-0.2, 0) is 9.59 Å². The minimum atomic E-state index is -0.705. The summed E-state index contributed by atoms with van der Waals surface area (Å²) >= 11 is 5.98. The summed E-state index contributed by atoms with van der Waals surface area (Å²) in [7, 11) is 0. The molecule has 7 heteroatoms. The molecule has 1 atom stereocenters. The summed E-state index contributed by atoms with van der Waals surface area (Å²) in [6.07, 6.45) is 0. The molecule has 2 aliphatic heterocycles. The Morgan fingerprint density at radius 2 is 1.70 bits per heavy atom. The monoisotopic (exact) mass is 425 g/mol. The van der Waals surface area contributed by atoms with Gasteiger partial charge in [-0.2, -0.15) is 0 Å². The average molecular weight is 426 g/mol. The van der Waals surface area contributed by atoms with E-state index in [1.807, 2.05) is 39.0 Å². The predicted octanol–water partition coefficient (Wildman–Crippen LogP) is 3.66. The first-order chi connectivity index (χ1) is 14.1. The molecule has 6 nitrogen and oxygen atoms in total. The van der Waals surface area contributed by atoms with Crippen molar-refractivity contribution < 1.29 is 14.4 Å². The Bertz CT molecular complexity index is 1030. The Hall–Kier alpha value is -2.86. The number of amides is 3. The van der Waals surface area contributed by atoms with E-state index in [4.69, 9.17) is 11.6 Å². The quantitative estimate of drug-likeness (QED) is 0.758. The summed E-state index contributed by atoms with van der Waals surface area (Å²) in [5.74, 6) is -0.492. The third-order valence-corrected chi connectivity index (χ3v) is 5.81. The molecule has 1 N–H and O–H groups in total. The second-order valence-electron chi connectivity index (χ2n) is 8.77. The van der Waals surface area contributed by atoms with Crippen LogP contribution in [-0.4, -0.2) is 53.2 Å². The van der Waals surface area contributed by atoms with E-state index in [9.17, 15) is 14.4 Å². The molecule has 30 heavy (non-hydrogen) atoms. The lowest BCUT2D eigenvalue weighted by molar-refractivity contribution is -0.143. The van der Waals surface area contributed by atoms with Crippen LogP contribution in [0, 0.1) is 5.41 Å². The molecule has 0 aliphatic carbocycles. The number of carbonyl (C=O) groups excluding carboxylic acids is 3. The maximum absolute atomic E-state index is 13.3. The molecule has 1 fully saturated rings. The third kappa shape index (κ3) is 3.67. The number of carbonyl (C=O) groups is 3. The first-order valence-corrected chi connectivity index (χ1v) is 10.3. The molecule has 1 unspecified atom stereocenters. The van der Waals surface area contributed by atoms with Crippen LogP contribution in [0.25, 0.3) is 11.1 Å². The molecular weight excluding hydrogens is 402 g/mol. The van der Waals surface area contributed by atoms with Gasteiger partial charge in [-0.05, 0) is 35.4 Å². The standard InChI is InChI=1S/C23H24ClN3O3/c1-23(2,3)22(30)26-10-11-27-19(13-26)20(28)25-18-9-6-15(12-17(18)21(27)29)14-4-7-16(24)8-5-14/h4-9,12,19H,10-11,13H2,1-3H3,(H,25,28). The molecule has 3 amide bonds. The smallest absolute Gasteiger partial charge is 0.256 e. The van der Waals surface area contributed by atoms with Gasteiger partial charge in [0, 0.05) is 23.5 Å². The molecule has 2 aromatic carbocycles. The minimum Gasteiger partial charge on any atom is -0.338 e. The van der Waals surface area contributed by atoms with Crippen molar-refractivity contribution in [2.45, 2.75) is 26.8 Å². The van der Waals surface area contributed by atoms with Crippen molar-refractivity contribution in [2.75, 3.05) is 25.0 Å². The van der Waals surface area contributed by atoms with Crippen molar-refractivity contribution in [3.05, 3.63) is 53.1 Å². The SMILES string of the molecule is CC(C)(C)C(=O)N1CCN2C(=O)c3cc(-c4ccc(Cl)cc4)ccc3NC(=O)C2C1. The third-order valence-electron chi connectivity index (χ3n) is 5.56. The van der Waals surface area contributed by atoms with Gasteiger partial charge in [0.15, 0.2) is 0 Å². The lowest BCUT2D eigenvalue weighted by atomic mass is 9.93. The number of halogens is 1. The highest BCUT2D eigenvalue weighted by Gasteiger charge is 2.42. The topological polar surface area (TPSA) is 69.7 Å². The fourth-order valence-corrected chi connectivity index (χ4v) is 4.06. The van der Waals surface area contributed by atoms with Gasteiger partial charge in [0.25, 0.3) is 5.91 Å². The normalized spacial score (nSPS) is 19.0. The van der Waals surface area contributed by atoms with Gasteiger partial charge in [-0.15, -0.1) is 0 Å². The van der Waals surface area contributed by atoms with Gasteiger partial charge in [0.05, 0.1) is 17.8 Å². The maximum Gasteiger partial charge on any atom is 0.256 e. The number of fused-ring (bicyclic) bond motifs is 2. The van der Waals surface area contributed by atoms with Crippen LogP contribution in [0.5, 0.6) is 0 Å². The van der Waals surface area contributed by atoms with Crippen LogP contribution in [0.15, 0.2) is 42.5 Å². The minimum absolute atomic E-state index is 0.0193. The molecule has 2 heterocycles. The summed E-state index contributed by atoms with van der Waals surface area (Å²) in [5.41, 5.74) is 2.21.